The Morgan fingerprint density at radius 3 is 2.70 bits per heavy atom. The molecule has 0 atom stereocenters. The quantitative estimate of drug-likeness (QED) is 0.792. The number of aromatic nitrogens is 3. The first-order valence-corrected chi connectivity index (χ1v) is 6.85. The Kier molecular flexibility index (Phi) is 2.97. The van der Waals surface area contributed by atoms with Crippen LogP contribution in [0, 0.1) is 0 Å². The monoisotopic (exact) mass is 271 g/mol. The molecular formula is C15H17N3O2. The van der Waals surface area contributed by atoms with Crippen LogP contribution in [0.1, 0.15) is 19.8 Å². The van der Waals surface area contributed by atoms with Crippen LogP contribution >= 0.6 is 0 Å². The van der Waals surface area contributed by atoms with Crippen molar-refractivity contribution in [1.82, 2.24) is 14.1 Å². The van der Waals surface area contributed by atoms with Crippen LogP contribution in [0.4, 0.5) is 0 Å². The van der Waals surface area contributed by atoms with Gasteiger partial charge in [-0.3, -0.25) is 9.36 Å². The van der Waals surface area contributed by atoms with Gasteiger partial charge in [0.05, 0.1) is 11.0 Å². The summed E-state index contributed by atoms with van der Waals surface area (Å²) < 4.78 is 3.17. The maximum absolute atomic E-state index is 12.5. The Hall–Kier alpha value is -2.30. The summed E-state index contributed by atoms with van der Waals surface area (Å²) in [7, 11) is 1.74. The first-order valence-electron chi connectivity index (χ1n) is 6.85. The zero-order valence-electron chi connectivity index (χ0n) is 11.6. The molecule has 104 valence electrons. The average molecular weight is 271 g/mol. The van der Waals surface area contributed by atoms with Gasteiger partial charge in [-0.25, -0.2) is 4.79 Å². The molecular weight excluding hydrogens is 254 g/mol. The first kappa shape index (κ1) is 12.7. The standard InChI is InChI=1S/C15H17N3O2/c1-3-4-9-18-13-12(16-15(18)20)10-7-5-6-8-11(10)17(2)14(13)19/h5-8H,3-4,9H2,1-2H3,(H,16,20). The number of unbranched alkanes of at least 4 members (excludes halogenated alkanes) is 1. The third kappa shape index (κ3) is 1.70. The zero-order valence-corrected chi connectivity index (χ0v) is 11.6. The summed E-state index contributed by atoms with van der Waals surface area (Å²) in [6, 6.07) is 7.61. The molecule has 0 amide bonds. The second kappa shape index (κ2) is 4.67. The summed E-state index contributed by atoms with van der Waals surface area (Å²) in [4.78, 5) is 27.5. The molecule has 0 spiro atoms. The number of nitrogens with one attached hydrogen (secondary N) is 1. The van der Waals surface area contributed by atoms with E-state index in [1.165, 1.54) is 0 Å². The Labute approximate surface area is 115 Å². The molecule has 1 aromatic carbocycles. The number of aromatic amines is 1. The highest BCUT2D eigenvalue weighted by Gasteiger charge is 2.15. The normalized spacial score (nSPS) is 11.5. The second-order valence-electron chi connectivity index (χ2n) is 5.04. The molecule has 20 heavy (non-hydrogen) atoms. The number of hydrogen-bond acceptors (Lipinski definition) is 2. The second-order valence-corrected chi connectivity index (χ2v) is 5.04. The van der Waals surface area contributed by atoms with E-state index in [9.17, 15) is 9.59 Å². The number of nitrogens with zero attached hydrogens (tertiary/aromatic N) is 2. The topological polar surface area (TPSA) is 59.8 Å². The number of hydrogen-bond donors (Lipinski definition) is 1. The van der Waals surface area contributed by atoms with E-state index in [1.54, 1.807) is 16.2 Å². The van der Waals surface area contributed by atoms with Gasteiger partial charge in [-0.05, 0) is 12.5 Å². The summed E-state index contributed by atoms with van der Waals surface area (Å²) in [5.41, 5.74) is 1.61. The van der Waals surface area contributed by atoms with Crippen molar-refractivity contribution in [3.05, 3.63) is 45.1 Å². The number of imidazole rings is 1. The van der Waals surface area contributed by atoms with Gasteiger partial charge in [0.25, 0.3) is 5.56 Å². The molecule has 3 rings (SSSR count). The summed E-state index contributed by atoms with van der Waals surface area (Å²) in [6.07, 6.45) is 1.86. The van der Waals surface area contributed by atoms with Crippen LogP contribution in [0.3, 0.4) is 0 Å². The Bertz CT molecular complexity index is 899. The fraction of sp³-hybridized carbons (Fsp3) is 0.333. The van der Waals surface area contributed by atoms with Crippen molar-refractivity contribution in [1.29, 1.82) is 0 Å². The number of rotatable bonds is 3. The summed E-state index contributed by atoms with van der Waals surface area (Å²) in [6.45, 7) is 2.64. The highest BCUT2D eigenvalue weighted by Crippen LogP contribution is 2.19. The molecule has 2 aromatic heterocycles. The number of benzene rings is 1. The van der Waals surface area contributed by atoms with Crippen LogP contribution in [0.25, 0.3) is 21.9 Å². The van der Waals surface area contributed by atoms with Crippen molar-refractivity contribution < 1.29 is 0 Å². The maximum atomic E-state index is 12.5. The van der Waals surface area contributed by atoms with Crippen LogP contribution in [0.15, 0.2) is 33.9 Å². The molecule has 5 heteroatoms. The van der Waals surface area contributed by atoms with Gasteiger partial charge in [0, 0.05) is 19.0 Å². The summed E-state index contributed by atoms with van der Waals surface area (Å²) in [5, 5.41) is 0.900. The third-order valence-electron chi connectivity index (χ3n) is 3.76. The van der Waals surface area contributed by atoms with E-state index < -0.39 is 0 Å². The molecule has 0 aliphatic carbocycles. The minimum absolute atomic E-state index is 0.131. The number of H-pyrrole nitrogens is 1. The lowest BCUT2D eigenvalue weighted by molar-refractivity contribution is 0.626. The van der Waals surface area contributed by atoms with Gasteiger partial charge < -0.3 is 9.55 Å². The SMILES string of the molecule is CCCCn1c(=O)[nH]c2c3ccccc3n(C)c(=O)c21. The van der Waals surface area contributed by atoms with E-state index in [0.29, 0.717) is 17.6 Å². The van der Waals surface area contributed by atoms with Crippen molar-refractivity contribution in [2.24, 2.45) is 7.05 Å². The van der Waals surface area contributed by atoms with Gasteiger partial charge in [0.1, 0.15) is 5.52 Å². The predicted molar refractivity (Wildman–Crippen MR) is 80.2 cm³/mol. The molecule has 2 heterocycles. The largest absolute Gasteiger partial charge is 0.326 e. The van der Waals surface area contributed by atoms with E-state index >= 15 is 0 Å². The lowest BCUT2D eigenvalue weighted by Gasteiger charge is -2.07. The molecule has 0 fully saturated rings. The van der Waals surface area contributed by atoms with E-state index in [1.807, 2.05) is 24.3 Å². The lowest BCUT2D eigenvalue weighted by Crippen LogP contribution is -2.23. The third-order valence-corrected chi connectivity index (χ3v) is 3.76. The maximum Gasteiger partial charge on any atom is 0.326 e. The van der Waals surface area contributed by atoms with Gasteiger partial charge in [0.2, 0.25) is 0 Å². The zero-order chi connectivity index (χ0) is 14.3. The molecule has 0 aliphatic rings. The Morgan fingerprint density at radius 1 is 1.20 bits per heavy atom. The number of aryl methyl sites for hydroxylation is 2. The molecule has 0 saturated heterocycles. The molecule has 0 radical (unpaired) electrons. The number of pyridine rings is 1. The van der Waals surface area contributed by atoms with Crippen molar-refractivity contribution in [3.63, 3.8) is 0 Å². The molecule has 0 unspecified atom stereocenters. The van der Waals surface area contributed by atoms with Crippen LogP contribution in [-0.4, -0.2) is 14.1 Å². The molecule has 3 aromatic rings. The van der Waals surface area contributed by atoms with Crippen LogP contribution in [-0.2, 0) is 13.6 Å². The minimum atomic E-state index is -0.207. The average Bonchev–Trinajstić information content (AvgIpc) is 2.79. The first-order chi connectivity index (χ1) is 9.65. The van der Waals surface area contributed by atoms with Gasteiger partial charge in [-0.15, -0.1) is 0 Å². The van der Waals surface area contributed by atoms with Crippen LogP contribution < -0.4 is 11.2 Å². The van der Waals surface area contributed by atoms with Gasteiger partial charge in [0.15, 0.2) is 0 Å². The highest BCUT2D eigenvalue weighted by atomic mass is 16.2. The molecule has 0 saturated carbocycles. The predicted octanol–water partition coefficient (Wildman–Crippen LogP) is 1.98. The van der Waals surface area contributed by atoms with Gasteiger partial charge >= 0.3 is 5.69 Å². The fourth-order valence-electron chi connectivity index (χ4n) is 2.66. The van der Waals surface area contributed by atoms with Gasteiger partial charge in [-0.2, -0.15) is 0 Å². The van der Waals surface area contributed by atoms with Crippen LogP contribution in [0.5, 0.6) is 0 Å². The highest BCUT2D eigenvalue weighted by molar-refractivity contribution is 6.01. The van der Waals surface area contributed by atoms with Gasteiger partial charge in [-0.1, -0.05) is 31.5 Å². The van der Waals surface area contributed by atoms with Crippen molar-refractivity contribution in [3.8, 4) is 0 Å². The van der Waals surface area contributed by atoms with Crippen molar-refractivity contribution >= 4 is 21.9 Å². The summed E-state index contributed by atoms with van der Waals surface area (Å²) in [5.74, 6) is 0. The van der Waals surface area contributed by atoms with E-state index in [4.69, 9.17) is 0 Å². The lowest BCUT2D eigenvalue weighted by atomic mass is 10.2. The Balaban J connectivity index is 2.48. The van der Waals surface area contributed by atoms with Crippen LogP contribution in [0.2, 0.25) is 0 Å². The van der Waals surface area contributed by atoms with E-state index in [-0.39, 0.29) is 11.2 Å². The Morgan fingerprint density at radius 2 is 1.95 bits per heavy atom. The smallest absolute Gasteiger partial charge is 0.309 e. The molecule has 0 aliphatic heterocycles. The number of fused-ring (bicyclic) bond motifs is 3. The summed E-state index contributed by atoms with van der Waals surface area (Å²) >= 11 is 0. The van der Waals surface area contributed by atoms with E-state index in [2.05, 4.69) is 11.9 Å². The van der Waals surface area contributed by atoms with Crippen molar-refractivity contribution in [2.45, 2.75) is 26.3 Å². The molecule has 5 nitrogen and oxygen atoms in total. The molecule has 0 bridgehead atoms. The fourth-order valence-corrected chi connectivity index (χ4v) is 2.66. The van der Waals surface area contributed by atoms with Crippen molar-refractivity contribution in [2.75, 3.05) is 0 Å². The molecule has 1 N–H and O–H groups in total. The minimum Gasteiger partial charge on any atom is -0.309 e. The van der Waals surface area contributed by atoms with E-state index in [0.717, 1.165) is 23.7 Å². The number of para-hydroxylation sites is 1.